The number of rotatable bonds is 6. The Morgan fingerprint density at radius 3 is 2.64 bits per heavy atom. The zero-order valence-corrected chi connectivity index (χ0v) is 15.1. The molecule has 0 radical (unpaired) electrons. The normalized spacial score (nSPS) is 13.6. The molecule has 25 heavy (non-hydrogen) atoms. The number of anilines is 1. The molecule has 3 rings (SSSR count). The molecule has 2 aromatic rings. The number of aryl methyl sites for hydroxylation is 1. The van der Waals surface area contributed by atoms with Crippen LogP contribution in [0.1, 0.15) is 27.9 Å². The molecule has 1 aliphatic rings. The molecule has 0 saturated heterocycles. The van der Waals surface area contributed by atoms with Crippen molar-refractivity contribution in [2.24, 2.45) is 0 Å². The van der Waals surface area contributed by atoms with Crippen molar-refractivity contribution in [3.63, 3.8) is 0 Å². The maximum absolute atomic E-state index is 12.3. The van der Waals surface area contributed by atoms with Crippen molar-refractivity contribution >= 4 is 21.6 Å². The van der Waals surface area contributed by atoms with Gasteiger partial charge in [-0.1, -0.05) is 36.4 Å². The van der Waals surface area contributed by atoms with E-state index in [-0.39, 0.29) is 5.91 Å². The Bertz CT molecular complexity index is 863. The summed E-state index contributed by atoms with van der Waals surface area (Å²) in [4.78, 5) is 12.3. The molecule has 2 aromatic carbocycles. The molecular weight excluding hydrogens is 336 g/mol. The van der Waals surface area contributed by atoms with E-state index in [1.165, 1.54) is 16.1 Å². The van der Waals surface area contributed by atoms with E-state index in [1.807, 2.05) is 24.3 Å². The fourth-order valence-electron chi connectivity index (χ4n) is 3.08. The van der Waals surface area contributed by atoms with Crippen molar-refractivity contribution in [3.05, 3.63) is 65.2 Å². The lowest BCUT2D eigenvalue weighted by Gasteiger charge is -2.17. The van der Waals surface area contributed by atoms with Crippen molar-refractivity contribution in [3.8, 4) is 0 Å². The van der Waals surface area contributed by atoms with Gasteiger partial charge in [-0.25, -0.2) is 8.42 Å². The summed E-state index contributed by atoms with van der Waals surface area (Å²) in [7, 11) is -3.31. The van der Waals surface area contributed by atoms with Gasteiger partial charge in [0.2, 0.25) is 10.0 Å². The molecule has 0 unspecified atom stereocenters. The van der Waals surface area contributed by atoms with Crippen LogP contribution in [-0.4, -0.2) is 33.7 Å². The number of nitrogens with zero attached hydrogens (tertiary/aromatic N) is 1. The van der Waals surface area contributed by atoms with Gasteiger partial charge in [0.15, 0.2) is 0 Å². The number of hydrogen-bond donors (Lipinski definition) is 1. The number of fused-ring (bicyclic) bond motifs is 1. The van der Waals surface area contributed by atoms with E-state index in [2.05, 4.69) is 17.4 Å². The molecule has 1 aliphatic heterocycles. The predicted molar refractivity (Wildman–Crippen MR) is 99.4 cm³/mol. The van der Waals surface area contributed by atoms with E-state index in [1.54, 1.807) is 12.1 Å². The molecule has 0 fully saturated rings. The lowest BCUT2D eigenvalue weighted by atomic mass is 10.1. The third-order valence-corrected chi connectivity index (χ3v) is 5.55. The molecule has 1 amide bonds. The Labute approximate surface area is 148 Å². The highest BCUT2D eigenvalue weighted by Gasteiger charge is 2.26. The van der Waals surface area contributed by atoms with E-state index in [0.717, 1.165) is 18.4 Å². The van der Waals surface area contributed by atoms with Crippen LogP contribution in [0.5, 0.6) is 0 Å². The summed E-state index contributed by atoms with van der Waals surface area (Å²) in [6, 6.07) is 15.4. The topological polar surface area (TPSA) is 66.5 Å². The Morgan fingerprint density at radius 2 is 1.92 bits per heavy atom. The van der Waals surface area contributed by atoms with Crippen LogP contribution in [0.4, 0.5) is 5.69 Å². The van der Waals surface area contributed by atoms with Gasteiger partial charge in [0, 0.05) is 18.7 Å². The van der Waals surface area contributed by atoms with Gasteiger partial charge >= 0.3 is 0 Å². The van der Waals surface area contributed by atoms with Crippen LogP contribution in [0.3, 0.4) is 0 Å². The molecule has 0 aliphatic carbocycles. The highest BCUT2D eigenvalue weighted by atomic mass is 32.2. The minimum atomic E-state index is -3.31. The monoisotopic (exact) mass is 358 g/mol. The lowest BCUT2D eigenvalue weighted by molar-refractivity contribution is 0.0953. The summed E-state index contributed by atoms with van der Waals surface area (Å²) in [6.45, 7) is 1.02. The number of nitrogens with one attached hydrogen (secondary N) is 1. The number of sulfonamides is 1. The zero-order chi connectivity index (χ0) is 17.9. The van der Waals surface area contributed by atoms with Crippen LogP contribution >= 0.6 is 0 Å². The van der Waals surface area contributed by atoms with Crippen LogP contribution in [0.25, 0.3) is 0 Å². The fraction of sp³-hybridized carbons (Fsp3) is 0.316. The molecule has 0 spiro atoms. The Morgan fingerprint density at radius 1 is 1.16 bits per heavy atom. The van der Waals surface area contributed by atoms with Crippen LogP contribution in [0.2, 0.25) is 0 Å². The van der Waals surface area contributed by atoms with Gasteiger partial charge in [0.1, 0.15) is 0 Å². The first kappa shape index (κ1) is 17.5. The maximum atomic E-state index is 12.3. The molecule has 1 N–H and O–H groups in total. The average molecular weight is 358 g/mol. The zero-order valence-electron chi connectivity index (χ0n) is 14.2. The van der Waals surface area contributed by atoms with E-state index in [0.29, 0.717) is 30.8 Å². The largest absolute Gasteiger partial charge is 0.352 e. The molecule has 1 heterocycles. The molecule has 132 valence electrons. The minimum Gasteiger partial charge on any atom is -0.352 e. The van der Waals surface area contributed by atoms with Gasteiger partial charge in [-0.05, 0) is 42.5 Å². The smallest absolute Gasteiger partial charge is 0.251 e. The van der Waals surface area contributed by atoms with Crippen LogP contribution in [-0.2, 0) is 22.9 Å². The van der Waals surface area contributed by atoms with Crippen LogP contribution in [0.15, 0.2) is 48.5 Å². The summed E-state index contributed by atoms with van der Waals surface area (Å²) in [5.41, 5.74) is 3.33. The molecule has 0 saturated carbocycles. The number of benzene rings is 2. The lowest BCUT2D eigenvalue weighted by Crippen LogP contribution is -2.28. The van der Waals surface area contributed by atoms with Gasteiger partial charge in [0.25, 0.3) is 5.91 Å². The van der Waals surface area contributed by atoms with Crippen molar-refractivity contribution in [1.29, 1.82) is 0 Å². The van der Waals surface area contributed by atoms with Gasteiger partial charge in [-0.2, -0.15) is 0 Å². The van der Waals surface area contributed by atoms with E-state index in [4.69, 9.17) is 0 Å². The molecule has 6 heteroatoms. The van der Waals surface area contributed by atoms with E-state index >= 15 is 0 Å². The van der Waals surface area contributed by atoms with Gasteiger partial charge in [0.05, 0.1) is 11.9 Å². The standard InChI is InChI=1S/C19H22N2O3S/c1-25(23,24)21-13-11-16-9-10-17(14-18(16)21)19(22)20-12-5-8-15-6-3-2-4-7-15/h2-4,6-7,9-10,14H,5,8,11-13H2,1H3,(H,20,22). The molecular formula is C19H22N2O3S. The van der Waals surface area contributed by atoms with Crippen molar-refractivity contribution in [2.75, 3.05) is 23.7 Å². The second kappa shape index (κ2) is 7.27. The third-order valence-electron chi connectivity index (χ3n) is 4.37. The van der Waals surface area contributed by atoms with Crippen LogP contribution in [0, 0.1) is 0 Å². The van der Waals surface area contributed by atoms with Crippen LogP contribution < -0.4 is 9.62 Å². The predicted octanol–water partition coefficient (Wildman–Crippen LogP) is 2.37. The first-order chi connectivity index (χ1) is 11.9. The first-order valence-electron chi connectivity index (χ1n) is 8.38. The summed E-state index contributed by atoms with van der Waals surface area (Å²) < 4.78 is 25.1. The number of carbonyl (C=O) groups is 1. The molecule has 5 nitrogen and oxygen atoms in total. The second-order valence-electron chi connectivity index (χ2n) is 6.27. The average Bonchev–Trinajstić information content (AvgIpc) is 3.03. The quantitative estimate of drug-likeness (QED) is 0.806. The van der Waals surface area contributed by atoms with Crippen molar-refractivity contribution in [2.45, 2.75) is 19.3 Å². The van der Waals surface area contributed by atoms with Crippen molar-refractivity contribution in [1.82, 2.24) is 5.32 Å². The molecule has 0 bridgehead atoms. The highest BCUT2D eigenvalue weighted by molar-refractivity contribution is 7.92. The second-order valence-corrected chi connectivity index (χ2v) is 8.18. The van der Waals surface area contributed by atoms with E-state index in [9.17, 15) is 13.2 Å². The SMILES string of the molecule is CS(=O)(=O)N1CCc2ccc(C(=O)NCCCc3ccccc3)cc21. The maximum Gasteiger partial charge on any atom is 0.251 e. The molecule has 0 aromatic heterocycles. The van der Waals surface area contributed by atoms with Gasteiger partial charge in [-0.15, -0.1) is 0 Å². The Hall–Kier alpha value is -2.34. The fourth-order valence-corrected chi connectivity index (χ4v) is 4.03. The minimum absolute atomic E-state index is 0.170. The van der Waals surface area contributed by atoms with Gasteiger partial charge < -0.3 is 5.32 Å². The van der Waals surface area contributed by atoms with Crippen molar-refractivity contribution < 1.29 is 13.2 Å². The highest BCUT2D eigenvalue weighted by Crippen LogP contribution is 2.30. The summed E-state index contributed by atoms with van der Waals surface area (Å²) in [6.07, 6.45) is 3.64. The number of carbonyl (C=O) groups excluding carboxylic acids is 1. The number of hydrogen-bond acceptors (Lipinski definition) is 3. The third kappa shape index (κ3) is 4.20. The Kier molecular flexibility index (Phi) is 5.08. The Balaban J connectivity index is 1.60. The summed E-state index contributed by atoms with van der Waals surface area (Å²) >= 11 is 0. The van der Waals surface area contributed by atoms with E-state index < -0.39 is 10.0 Å². The summed E-state index contributed by atoms with van der Waals surface area (Å²) in [5, 5.41) is 2.91. The molecule has 0 atom stereocenters. The van der Waals surface area contributed by atoms with Gasteiger partial charge in [-0.3, -0.25) is 9.10 Å². The summed E-state index contributed by atoms with van der Waals surface area (Å²) in [5.74, 6) is -0.170. The number of amides is 1. The first-order valence-corrected chi connectivity index (χ1v) is 10.2.